The molecule has 14 heavy (non-hydrogen) atoms. The fourth-order valence-corrected chi connectivity index (χ4v) is 1.95. The van der Waals surface area contributed by atoms with Gasteiger partial charge in [0.05, 0.1) is 18.0 Å². The number of ether oxygens (including phenoxy) is 1. The van der Waals surface area contributed by atoms with Gasteiger partial charge in [-0.1, -0.05) is 0 Å². The van der Waals surface area contributed by atoms with E-state index in [-0.39, 0.29) is 5.92 Å². The predicted octanol–water partition coefficient (Wildman–Crippen LogP) is 0.798. The third-order valence-corrected chi connectivity index (χ3v) is 2.75. The average Bonchev–Trinajstić information content (AvgIpc) is 2.73. The molecule has 1 N–H and O–H groups in total. The first kappa shape index (κ1) is 9.68. The lowest BCUT2D eigenvalue weighted by Crippen LogP contribution is -2.15. The van der Waals surface area contributed by atoms with Crippen LogP contribution in [-0.2, 0) is 11.8 Å². The molecule has 78 valence electrons. The number of hydrogen-bond acceptors (Lipinski definition) is 3. The van der Waals surface area contributed by atoms with Crippen LogP contribution >= 0.6 is 0 Å². The van der Waals surface area contributed by atoms with E-state index in [9.17, 15) is 5.11 Å². The second-order valence-corrected chi connectivity index (χ2v) is 3.90. The van der Waals surface area contributed by atoms with Gasteiger partial charge in [0, 0.05) is 19.6 Å². The van der Waals surface area contributed by atoms with Crippen LogP contribution in [0.1, 0.15) is 23.9 Å². The Kier molecular flexibility index (Phi) is 2.56. The van der Waals surface area contributed by atoms with Crippen molar-refractivity contribution < 1.29 is 9.84 Å². The van der Waals surface area contributed by atoms with E-state index in [1.165, 1.54) is 0 Å². The molecule has 2 unspecified atom stereocenters. The molecule has 1 fully saturated rings. The third kappa shape index (κ3) is 1.67. The Bertz CT molecular complexity index is 316. The maximum Gasteiger partial charge on any atom is 0.101 e. The summed E-state index contributed by atoms with van der Waals surface area (Å²) in [6, 6.07) is 1.93. The van der Waals surface area contributed by atoms with Crippen molar-refractivity contribution in [3.05, 3.63) is 17.5 Å². The molecule has 1 aliphatic rings. The van der Waals surface area contributed by atoms with Gasteiger partial charge in [-0.05, 0) is 19.4 Å². The van der Waals surface area contributed by atoms with Crippen LogP contribution in [0.25, 0.3) is 0 Å². The maximum absolute atomic E-state index is 10.1. The zero-order valence-electron chi connectivity index (χ0n) is 8.60. The zero-order valence-corrected chi connectivity index (χ0v) is 8.60. The molecule has 1 aromatic rings. The predicted molar refractivity (Wildman–Crippen MR) is 51.8 cm³/mol. The van der Waals surface area contributed by atoms with Gasteiger partial charge in [0.25, 0.3) is 0 Å². The smallest absolute Gasteiger partial charge is 0.101 e. The Morgan fingerprint density at radius 1 is 1.71 bits per heavy atom. The molecule has 1 aromatic heterocycles. The van der Waals surface area contributed by atoms with Crippen molar-refractivity contribution in [2.45, 2.75) is 19.4 Å². The van der Waals surface area contributed by atoms with E-state index in [0.29, 0.717) is 6.61 Å². The Labute approximate surface area is 83.5 Å². The number of aromatic nitrogens is 2. The molecule has 0 amide bonds. The fourth-order valence-electron chi connectivity index (χ4n) is 1.95. The molecular formula is C10H16N2O2. The molecular weight excluding hydrogens is 180 g/mol. The lowest BCUT2D eigenvalue weighted by molar-refractivity contribution is 0.0854. The largest absolute Gasteiger partial charge is 0.386 e. The average molecular weight is 196 g/mol. The summed E-state index contributed by atoms with van der Waals surface area (Å²) in [5.41, 5.74) is 1.83. The zero-order chi connectivity index (χ0) is 10.1. The highest BCUT2D eigenvalue weighted by atomic mass is 16.5. The quantitative estimate of drug-likeness (QED) is 0.761. The highest BCUT2D eigenvalue weighted by molar-refractivity contribution is 5.12. The van der Waals surface area contributed by atoms with Crippen LogP contribution in [0, 0.1) is 12.8 Å². The second-order valence-electron chi connectivity index (χ2n) is 3.90. The summed E-state index contributed by atoms with van der Waals surface area (Å²) in [5, 5.41) is 14.3. The minimum Gasteiger partial charge on any atom is -0.386 e. The van der Waals surface area contributed by atoms with Gasteiger partial charge in [0.2, 0.25) is 0 Å². The summed E-state index contributed by atoms with van der Waals surface area (Å²) in [7, 11) is 1.86. The summed E-state index contributed by atoms with van der Waals surface area (Å²) in [6.45, 7) is 3.35. The second kappa shape index (κ2) is 3.71. The lowest BCUT2D eigenvalue weighted by atomic mass is 9.99. The van der Waals surface area contributed by atoms with Crippen molar-refractivity contribution in [3.8, 4) is 0 Å². The van der Waals surface area contributed by atoms with E-state index >= 15 is 0 Å². The molecule has 2 atom stereocenters. The Morgan fingerprint density at radius 2 is 2.50 bits per heavy atom. The number of nitrogens with zero attached hydrogens (tertiary/aromatic N) is 2. The molecule has 1 saturated heterocycles. The van der Waals surface area contributed by atoms with E-state index in [4.69, 9.17) is 4.74 Å². The van der Waals surface area contributed by atoms with Gasteiger partial charge < -0.3 is 9.84 Å². The first-order chi connectivity index (χ1) is 6.68. The molecule has 0 saturated carbocycles. The molecule has 0 aromatic carbocycles. The van der Waals surface area contributed by atoms with E-state index in [1.54, 1.807) is 4.68 Å². The van der Waals surface area contributed by atoms with Crippen LogP contribution in [0.15, 0.2) is 6.07 Å². The molecule has 4 heteroatoms. The minimum atomic E-state index is -0.441. The molecule has 0 aliphatic carbocycles. The van der Waals surface area contributed by atoms with Gasteiger partial charge in [0.15, 0.2) is 0 Å². The van der Waals surface area contributed by atoms with Gasteiger partial charge >= 0.3 is 0 Å². The number of aliphatic hydroxyl groups is 1. The Hall–Kier alpha value is -0.870. The summed E-state index contributed by atoms with van der Waals surface area (Å²) in [6.07, 6.45) is 0.495. The van der Waals surface area contributed by atoms with Crippen molar-refractivity contribution in [2.75, 3.05) is 13.2 Å². The van der Waals surface area contributed by atoms with Crippen LogP contribution < -0.4 is 0 Å². The Balaban J connectivity index is 2.17. The minimum absolute atomic E-state index is 0.227. The number of aryl methyl sites for hydroxylation is 2. The maximum atomic E-state index is 10.1. The van der Waals surface area contributed by atoms with Crippen LogP contribution in [0.4, 0.5) is 0 Å². The van der Waals surface area contributed by atoms with Crippen LogP contribution in [0.3, 0.4) is 0 Å². The van der Waals surface area contributed by atoms with E-state index in [2.05, 4.69) is 5.10 Å². The summed E-state index contributed by atoms with van der Waals surface area (Å²) < 4.78 is 7.01. The first-order valence-corrected chi connectivity index (χ1v) is 4.95. The van der Waals surface area contributed by atoms with Gasteiger partial charge in [-0.2, -0.15) is 5.10 Å². The number of hydrogen-bond donors (Lipinski definition) is 1. The van der Waals surface area contributed by atoms with Crippen molar-refractivity contribution in [1.82, 2.24) is 9.78 Å². The first-order valence-electron chi connectivity index (χ1n) is 4.95. The number of rotatable bonds is 2. The Morgan fingerprint density at radius 3 is 3.00 bits per heavy atom. The molecule has 0 bridgehead atoms. The normalized spacial score (nSPS) is 24.1. The SMILES string of the molecule is Cc1cc(C(O)C2CCOC2)n(C)n1. The molecule has 0 radical (unpaired) electrons. The third-order valence-electron chi connectivity index (χ3n) is 2.75. The highest BCUT2D eigenvalue weighted by Gasteiger charge is 2.27. The van der Waals surface area contributed by atoms with Crippen LogP contribution in [-0.4, -0.2) is 28.1 Å². The van der Waals surface area contributed by atoms with E-state index in [1.807, 2.05) is 20.0 Å². The number of aliphatic hydroxyl groups excluding tert-OH is 1. The fraction of sp³-hybridized carbons (Fsp3) is 0.700. The topological polar surface area (TPSA) is 47.3 Å². The summed E-state index contributed by atoms with van der Waals surface area (Å²) in [4.78, 5) is 0. The summed E-state index contributed by atoms with van der Waals surface area (Å²) in [5.74, 6) is 0.227. The highest BCUT2D eigenvalue weighted by Crippen LogP contribution is 2.28. The van der Waals surface area contributed by atoms with E-state index in [0.717, 1.165) is 24.4 Å². The molecule has 2 heterocycles. The molecule has 0 spiro atoms. The molecule has 1 aliphatic heterocycles. The summed E-state index contributed by atoms with van der Waals surface area (Å²) >= 11 is 0. The van der Waals surface area contributed by atoms with Crippen molar-refractivity contribution in [1.29, 1.82) is 0 Å². The van der Waals surface area contributed by atoms with Crippen molar-refractivity contribution in [2.24, 2.45) is 13.0 Å². The molecule has 4 nitrogen and oxygen atoms in total. The standard InChI is InChI=1S/C10H16N2O2/c1-7-5-9(12(2)11-7)10(13)8-3-4-14-6-8/h5,8,10,13H,3-4,6H2,1-2H3. The van der Waals surface area contributed by atoms with Crippen LogP contribution in [0.5, 0.6) is 0 Å². The van der Waals surface area contributed by atoms with Gasteiger partial charge in [-0.15, -0.1) is 0 Å². The van der Waals surface area contributed by atoms with Crippen molar-refractivity contribution >= 4 is 0 Å². The van der Waals surface area contributed by atoms with Gasteiger partial charge in [-0.25, -0.2) is 0 Å². The van der Waals surface area contributed by atoms with Gasteiger partial charge in [-0.3, -0.25) is 4.68 Å². The van der Waals surface area contributed by atoms with E-state index < -0.39 is 6.10 Å². The lowest BCUT2D eigenvalue weighted by Gasteiger charge is -2.16. The van der Waals surface area contributed by atoms with Crippen LogP contribution in [0.2, 0.25) is 0 Å². The van der Waals surface area contributed by atoms with Gasteiger partial charge in [0.1, 0.15) is 6.10 Å². The molecule has 2 rings (SSSR count). The van der Waals surface area contributed by atoms with Crippen molar-refractivity contribution in [3.63, 3.8) is 0 Å². The monoisotopic (exact) mass is 196 g/mol.